The molecule has 21 heavy (non-hydrogen) atoms. The van der Waals surface area contributed by atoms with Crippen LogP contribution in [0.3, 0.4) is 0 Å². The Morgan fingerprint density at radius 1 is 1.10 bits per heavy atom. The van der Waals surface area contributed by atoms with Crippen molar-refractivity contribution in [2.75, 3.05) is 50.6 Å². The first-order valence-electron chi connectivity index (χ1n) is 7.07. The van der Waals surface area contributed by atoms with Crippen molar-refractivity contribution in [3.05, 3.63) is 12.1 Å². The van der Waals surface area contributed by atoms with Crippen LogP contribution in [0.25, 0.3) is 0 Å². The number of hydrogen-bond acceptors (Lipinski definition) is 5. The van der Waals surface area contributed by atoms with E-state index in [-0.39, 0.29) is 6.03 Å². The van der Waals surface area contributed by atoms with E-state index >= 15 is 0 Å². The number of nitrogens with two attached hydrogens (primary N) is 1. The number of nitrogens with one attached hydrogen (secondary N) is 1. The highest BCUT2D eigenvalue weighted by Crippen LogP contribution is 2.36. The molecule has 1 aromatic rings. The van der Waals surface area contributed by atoms with Gasteiger partial charge in [-0.1, -0.05) is 0 Å². The predicted octanol–water partition coefficient (Wildman–Crippen LogP) is 1.29. The topological polar surface area (TPSA) is 86.1 Å². The minimum Gasteiger partial charge on any atom is -0.489 e. The molecule has 2 aliphatic rings. The SMILES string of the molecule is Nc1cc2c(cc1NC(=O)N1CCOCC1)OCCCO2. The normalized spacial score (nSPS) is 18.0. The monoisotopic (exact) mass is 293 g/mol. The van der Waals surface area contributed by atoms with Gasteiger partial charge in [0.05, 0.1) is 37.8 Å². The van der Waals surface area contributed by atoms with E-state index in [1.807, 2.05) is 0 Å². The fourth-order valence-electron chi connectivity index (χ4n) is 2.29. The molecule has 0 saturated carbocycles. The molecule has 1 aromatic carbocycles. The fourth-order valence-corrected chi connectivity index (χ4v) is 2.29. The van der Waals surface area contributed by atoms with Gasteiger partial charge in [-0.15, -0.1) is 0 Å². The highest BCUT2D eigenvalue weighted by Gasteiger charge is 2.19. The summed E-state index contributed by atoms with van der Waals surface area (Å²) in [7, 11) is 0. The first kappa shape index (κ1) is 13.8. The highest BCUT2D eigenvalue weighted by atomic mass is 16.5. The summed E-state index contributed by atoms with van der Waals surface area (Å²) < 4.78 is 16.4. The van der Waals surface area contributed by atoms with Crippen LogP contribution in [0, 0.1) is 0 Å². The number of benzene rings is 1. The maximum Gasteiger partial charge on any atom is 0.322 e. The molecule has 0 atom stereocenters. The van der Waals surface area contributed by atoms with Crippen molar-refractivity contribution >= 4 is 17.4 Å². The number of ether oxygens (including phenoxy) is 3. The predicted molar refractivity (Wildman–Crippen MR) is 77.9 cm³/mol. The van der Waals surface area contributed by atoms with Crippen molar-refractivity contribution in [2.24, 2.45) is 0 Å². The van der Waals surface area contributed by atoms with Crippen LogP contribution >= 0.6 is 0 Å². The molecule has 2 amide bonds. The van der Waals surface area contributed by atoms with Gasteiger partial charge < -0.3 is 30.2 Å². The molecule has 0 radical (unpaired) electrons. The second-order valence-corrected chi connectivity index (χ2v) is 4.97. The summed E-state index contributed by atoms with van der Waals surface area (Å²) in [5.74, 6) is 1.23. The number of rotatable bonds is 1. The van der Waals surface area contributed by atoms with Gasteiger partial charge in [0.25, 0.3) is 0 Å². The van der Waals surface area contributed by atoms with E-state index < -0.39 is 0 Å². The van der Waals surface area contributed by atoms with E-state index in [1.165, 1.54) is 0 Å². The second kappa shape index (κ2) is 6.09. The molecule has 2 heterocycles. The average molecular weight is 293 g/mol. The summed E-state index contributed by atoms with van der Waals surface area (Å²) in [6, 6.07) is 3.23. The lowest BCUT2D eigenvalue weighted by atomic mass is 10.2. The molecular weight excluding hydrogens is 274 g/mol. The summed E-state index contributed by atoms with van der Waals surface area (Å²) in [4.78, 5) is 13.9. The maximum atomic E-state index is 12.2. The minimum absolute atomic E-state index is 0.181. The van der Waals surface area contributed by atoms with Crippen molar-refractivity contribution in [1.82, 2.24) is 4.90 Å². The molecule has 0 bridgehead atoms. The van der Waals surface area contributed by atoms with Crippen LogP contribution in [0.5, 0.6) is 11.5 Å². The molecule has 114 valence electrons. The summed E-state index contributed by atoms with van der Waals surface area (Å²) in [6.07, 6.45) is 0.823. The standard InChI is InChI=1S/C14H19N3O4/c15-10-8-12-13(21-5-1-4-20-12)9-11(10)16-14(18)17-2-6-19-7-3-17/h8-9H,1-7,15H2,(H,16,18). The number of amides is 2. The Bertz CT molecular complexity index is 529. The van der Waals surface area contributed by atoms with Crippen LogP contribution in [0.4, 0.5) is 16.2 Å². The minimum atomic E-state index is -0.181. The molecule has 3 rings (SSSR count). The van der Waals surface area contributed by atoms with Gasteiger partial charge in [0.1, 0.15) is 0 Å². The summed E-state index contributed by atoms with van der Waals surface area (Å²) in [6.45, 7) is 3.47. The van der Waals surface area contributed by atoms with Crippen LogP contribution in [-0.4, -0.2) is 50.4 Å². The van der Waals surface area contributed by atoms with E-state index in [0.29, 0.717) is 62.4 Å². The lowest BCUT2D eigenvalue weighted by Crippen LogP contribution is -2.43. The molecule has 7 nitrogen and oxygen atoms in total. The number of nitrogen functional groups attached to an aromatic ring is 1. The maximum absolute atomic E-state index is 12.2. The lowest BCUT2D eigenvalue weighted by Gasteiger charge is -2.27. The van der Waals surface area contributed by atoms with Crippen molar-refractivity contribution in [1.29, 1.82) is 0 Å². The number of carbonyl (C=O) groups excluding carboxylic acids is 1. The zero-order chi connectivity index (χ0) is 14.7. The Kier molecular flexibility index (Phi) is 4.01. The van der Waals surface area contributed by atoms with Crippen molar-refractivity contribution in [3.63, 3.8) is 0 Å². The first-order chi connectivity index (χ1) is 10.2. The van der Waals surface area contributed by atoms with Gasteiger partial charge in [0.15, 0.2) is 11.5 Å². The summed E-state index contributed by atoms with van der Waals surface area (Å²) in [5, 5.41) is 2.82. The molecule has 2 aliphatic heterocycles. The Hall–Kier alpha value is -2.15. The molecule has 0 aromatic heterocycles. The first-order valence-corrected chi connectivity index (χ1v) is 7.07. The third kappa shape index (κ3) is 3.13. The van der Waals surface area contributed by atoms with E-state index in [2.05, 4.69) is 5.32 Å². The number of carbonyl (C=O) groups is 1. The van der Waals surface area contributed by atoms with E-state index in [1.54, 1.807) is 17.0 Å². The molecule has 0 spiro atoms. The fraction of sp³-hybridized carbons (Fsp3) is 0.500. The number of anilines is 2. The molecule has 0 unspecified atom stereocenters. The van der Waals surface area contributed by atoms with Crippen LogP contribution in [0.15, 0.2) is 12.1 Å². The Morgan fingerprint density at radius 2 is 1.76 bits per heavy atom. The summed E-state index contributed by atoms with van der Waals surface area (Å²) >= 11 is 0. The smallest absolute Gasteiger partial charge is 0.322 e. The van der Waals surface area contributed by atoms with Crippen LogP contribution in [0.1, 0.15) is 6.42 Å². The van der Waals surface area contributed by atoms with E-state index in [9.17, 15) is 4.79 Å². The average Bonchev–Trinajstić information content (AvgIpc) is 2.73. The van der Waals surface area contributed by atoms with Gasteiger partial charge >= 0.3 is 6.03 Å². The molecule has 1 fully saturated rings. The van der Waals surface area contributed by atoms with Gasteiger partial charge in [0.2, 0.25) is 0 Å². The number of nitrogens with zero attached hydrogens (tertiary/aromatic N) is 1. The zero-order valence-corrected chi connectivity index (χ0v) is 11.8. The number of fused-ring (bicyclic) bond motifs is 1. The van der Waals surface area contributed by atoms with Crippen molar-refractivity contribution in [2.45, 2.75) is 6.42 Å². The van der Waals surface area contributed by atoms with E-state index in [0.717, 1.165) is 6.42 Å². The highest BCUT2D eigenvalue weighted by molar-refractivity contribution is 5.93. The van der Waals surface area contributed by atoms with Crippen molar-refractivity contribution in [3.8, 4) is 11.5 Å². The molecular formula is C14H19N3O4. The zero-order valence-electron chi connectivity index (χ0n) is 11.8. The Labute approximate surface area is 122 Å². The number of hydrogen-bond donors (Lipinski definition) is 2. The molecule has 3 N–H and O–H groups in total. The van der Waals surface area contributed by atoms with Gasteiger partial charge in [-0.05, 0) is 0 Å². The number of urea groups is 1. The van der Waals surface area contributed by atoms with Crippen LogP contribution < -0.4 is 20.5 Å². The largest absolute Gasteiger partial charge is 0.489 e. The van der Waals surface area contributed by atoms with Gasteiger partial charge in [0, 0.05) is 31.6 Å². The van der Waals surface area contributed by atoms with Gasteiger partial charge in [-0.3, -0.25) is 0 Å². The van der Waals surface area contributed by atoms with Gasteiger partial charge in [-0.25, -0.2) is 4.79 Å². The number of morpholine rings is 1. The summed E-state index contributed by atoms with van der Waals surface area (Å²) in [5.41, 5.74) is 6.98. The molecule has 7 heteroatoms. The van der Waals surface area contributed by atoms with Gasteiger partial charge in [-0.2, -0.15) is 0 Å². The van der Waals surface area contributed by atoms with Crippen molar-refractivity contribution < 1.29 is 19.0 Å². The second-order valence-electron chi connectivity index (χ2n) is 4.97. The quantitative estimate of drug-likeness (QED) is 0.762. The third-order valence-corrected chi connectivity index (χ3v) is 3.46. The molecule has 1 saturated heterocycles. The third-order valence-electron chi connectivity index (χ3n) is 3.46. The van der Waals surface area contributed by atoms with Crippen LogP contribution in [0.2, 0.25) is 0 Å². The van der Waals surface area contributed by atoms with Crippen LogP contribution in [-0.2, 0) is 4.74 Å². The molecule has 0 aliphatic carbocycles. The Balaban J connectivity index is 1.75. The Morgan fingerprint density at radius 3 is 2.48 bits per heavy atom. The lowest BCUT2D eigenvalue weighted by molar-refractivity contribution is 0.0564. The van der Waals surface area contributed by atoms with E-state index in [4.69, 9.17) is 19.9 Å².